The lowest BCUT2D eigenvalue weighted by Crippen LogP contribution is -2.51. The van der Waals surface area contributed by atoms with Crippen LogP contribution in [0.1, 0.15) is 25.8 Å². The molecule has 0 radical (unpaired) electrons. The van der Waals surface area contributed by atoms with Crippen LogP contribution in [0.5, 0.6) is 5.75 Å². The molecule has 0 aliphatic heterocycles. The van der Waals surface area contributed by atoms with Gasteiger partial charge in [0.05, 0.1) is 17.2 Å². The Morgan fingerprint density at radius 3 is 2.18 bits per heavy atom. The molecule has 38 heavy (non-hydrogen) atoms. The van der Waals surface area contributed by atoms with Gasteiger partial charge in [0.1, 0.15) is 24.2 Å². The Kier molecular flexibility index (Phi) is 9.84. The summed E-state index contributed by atoms with van der Waals surface area (Å²) in [6.07, 6.45) is 0.285. The molecular formula is C28H32FN3O5S. The summed E-state index contributed by atoms with van der Waals surface area (Å²) in [4.78, 5) is 27.9. The van der Waals surface area contributed by atoms with Crippen LogP contribution in [0.2, 0.25) is 0 Å². The number of carbonyl (C=O) groups excluding carboxylic acids is 2. The van der Waals surface area contributed by atoms with Crippen molar-refractivity contribution in [3.8, 4) is 5.75 Å². The number of sulfonamides is 1. The maximum atomic E-state index is 13.9. The molecule has 2 amide bonds. The van der Waals surface area contributed by atoms with E-state index in [0.29, 0.717) is 11.3 Å². The first-order valence-corrected chi connectivity index (χ1v) is 13.7. The number of ether oxygens (including phenoxy) is 1. The van der Waals surface area contributed by atoms with E-state index in [1.54, 1.807) is 56.3 Å². The van der Waals surface area contributed by atoms with E-state index in [4.69, 9.17) is 4.74 Å². The van der Waals surface area contributed by atoms with Crippen molar-refractivity contribution < 1.29 is 27.1 Å². The van der Waals surface area contributed by atoms with Crippen molar-refractivity contribution in [1.82, 2.24) is 10.2 Å². The summed E-state index contributed by atoms with van der Waals surface area (Å²) in [5.41, 5.74) is 0.788. The van der Waals surface area contributed by atoms with E-state index in [1.165, 1.54) is 48.3 Å². The van der Waals surface area contributed by atoms with Crippen molar-refractivity contribution in [2.75, 3.05) is 24.5 Å². The van der Waals surface area contributed by atoms with Gasteiger partial charge in [0.15, 0.2) is 0 Å². The molecule has 0 fully saturated rings. The highest BCUT2D eigenvalue weighted by Gasteiger charge is 2.34. The second kappa shape index (κ2) is 13.0. The van der Waals surface area contributed by atoms with Gasteiger partial charge < -0.3 is 15.0 Å². The number of nitrogens with zero attached hydrogens (tertiary/aromatic N) is 2. The van der Waals surface area contributed by atoms with E-state index in [0.717, 1.165) is 4.31 Å². The summed E-state index contributed by atoms with van der Waals surface area (Å²) in [6.45, 7) is 3.22. The third-order valence-corrected chi connectivity index (χ3v) is 7.72. The number of likely N-dealkylation sites (N-methyl/N-ethyl adjacent to an activating group) is 1. The smallest absolute Gasteiger partial charge is 0.264 e. The molecule has 0 aromatic heterocycles. The molecule has 0 unspecified atom stereocenters. The SMILES string of the molecule is CCOc1ccccc1N(CC(=O)N(Cc1ccc(F)cc1)[C@@H](CC)C(=O)NC)S(=O)(=O)c1ccccc1. The van der Waals surface area contributed by atoms with Crippen molar-refractivity contribution in [3.05, 3.63) is 90.2 Å². The van der Waals surface area contributed by atoms with Crippen molar-refractivity contribution in [1.29, 1.82) is 0 Å². The van der Waals surface area contributed by atoms with Crippen molar-refractivity contribution in [2.24, 2.45) is 0 Å². The van der Waals surface area contributed by atoms with E-state index in [9.17, 15) is 22.4 Å². The second-order valence-corrected chi connectivity index (χ2v) is 10.3. The molecule has 3 aromatic rings. The van der Waals surface area contributed by atoms with E-state index in [2.05, 4.69) is 5.32 Å². The predicted molar refractivity (Wildman–Crippen MR) is 144 cm³/mol. The van der Waals surface area contributed by atoms with Gasteiger partial charge in [-0.1, -0.05) is 49.4 Å². The highest BCUT2D eigenvalue weighted by Crippen LogP contribution is 2.33. The number of hydrogen-bond donors (Lipinski definition) is 1. The largest absolute Gasteiger partial charge is 0.492 e. The van der Waals surface area contributed by atoms with Crippen LogP contribution in [0.15, 0.2) is 83.8 Å². The molecule has 0 saturated heterocycles. The van der Waals surface area contributed by atoms with E-state index in [1.807, 2.05) is 0 Å². The molecule has 3 rings (SSSR count). The van der Waals surface area contributed by atoms with E-state index >= 15 is 0 Å². The second-order valence-electron chi connectivity index (χ2n) is 8.41. The molecule has 3 aromatic carbocycles. The fraction of sp³-hybridized carbons (Fsp3) is 0.286. The number of hydrogen-bond acceptors (Lipinski definition) is 5. The minimum Gasteiger partial charge on any atom is -0.492 e. The Labute approximate surface area is 223 Å². The van der Waals surface area contributed by atoms with Gasteiger partial charge in [-0.15, -0.1) is 0 Å². The molecule has 0 spiro atoms. The van der Waals surface area contributed by atoms with Gasteiger partial charge in [0, 0.05) is 13.6 Å². The van der Waals surface area contributed by atoms with Gasteiger partial charge in [0.2, 0.25) is 11.8 Å². The van der Waals surface area contributed by atoms with Crippen LogP contribution in [0.25, 0.3) is 0 Å². The molecule has 10 heteroatoms. The topological polar surface area (TPSA) is 96.0 Å². The van der Waals surface area contributed by atoms with Crippen molar-refractivity contribution in [2.45, 2.75) is 37.8 Å². The Hall–Kier alpha value is -3.92. The number of nitrogens with one attached hydrogen (secondary N) is 1. The zero-order valence-corrected chi connectivity index (χ0v) is 22.4. The predicted octanol–water partition coefficient (Wildman–Crippen LogP) is 3.97. The van der Waals surface area contributed by atoms with Crippen LogP contribution in [-0.2, 0) is 26.2 Å². The zero-order chi connectivity index (χ0) is 27.7. The molecule has 0 heterocycles. The summed E-state index contributed by atoms with van der Waals surface area (Å²) >= 11 is 0. The first kappa shape index (κ1) is 28.6. The molecule has 0 aliphatic rings. The van der Waals surface area contributed by atoms with Gasteiger partial charge in [-0.3, -0.25) is 13.9 Å². The number of anilines is 1. The lowest BCUT2D eigenvalue weighted by atomic mass is 10.1. The Morgan fingerprint density at radius 2 is 1.58 bits per heavy atom. The van der Waals surface area contributed by atoms with Crippen molar-refractivity contribution in [3.63, 3.8) is 0 Å². The number of carbonyl (C=O) groups is 2. The first-order chi connectivity index (χ1) is 18.2. The highest BCUT2D eigenvalue weighted by atomic mass is 32.2. The summed E-state index contributed by atoms with van der Waals surface area (Å²) in [7, 11) is -2.74. The van der Waals surface area contributed by atoms with Crippen LogP contribution in [0.3, 0.4) is 0 Å². The molecule has 8 nitrogen and oxygen atoms in total. The molecule has 0 bridgehead atoms. The summed E-state index contributed by atoms with van der Waals surface area (Å²) in [5, 5.41) is 2.57. The number of amides is 2. The zero-order valence-electron chi connectivity index (χ0n) is 21.6. The minimum absolute atomic E-state index is 0.00234. The minimum atomic E-state index is -4.20. The number of para-hydroxylation sites is 2. The standard InChI is InChI=1S/C28H32FN3O5S/c1-4-24(28(34)30-3)31(19-21-15-17-22(29)18-16-21)27(33)20-32(25-13-9-10-14-26(25)37-5-2)38(35,36)23-11-7-6-8-12-23/h6-18,24H,4-5,19-20H2,1-3H3,(H,30,34)/t24-/m0/s1. The average Bonchev–Trinajstić information content (AvgIpc) is 2.93. The Morgan fingerprint density at radius 1 is 0.947 bits per heavy atom. The lowest BCUT2D eigenvalue weighted by Gasteiger charge is -2.33. The number of benzene rings is 3. The molecule has 1 atom stereocenters. The van der Waals surface area contributed by atoms with Gasteiger partial charge >= 0.3 is 0 Å². The van der Waals surface area contributed by atoms with Gasteiger partial charge in [0.25, 0.3) is 10.0 Å². The molecule has 0 saturated carbocycles. The van der Waals surface area contributed by atoms with Crippen LogP contribution >= 0.6 is 0 Å². The fourth-order valence-electron chi connectivity index (χ4n) is 4.05. The summed E-state index contributed by atoms with van der Waals surface area (Å²) < 4.78 is 47.9. The molecule has 1 N–H and O–H groups in total. The quantitative estimate of drug-likeness (QED) is 0.374. The first-order valence-electron chi connectivity index (χ1n) is 12.3. The number of halogens is 1. The normalized spacial score (nSPS) is 11.9. The Balaban J connectivity index is 2.09. The van der Waals surface area contributed by atoms with Crippen LogP contribution < -0.4 is 14.4 Å². The highest BCUT2D eigenvalue weighted by molar-refractivity contribution is 7.92. The van der Waals surface area contributed by atoms with E-state index in [-0.39, 0.29) is 30.2 Å². The summed E-state index contributed by atoms with van der Waals surface area (Å²) in [5.74, 6) is -1.13. The monoisotopic (exact) mass is 541 g/mol. The van der Waals surface area contributed by atoms with Crippen LogP contribution in [-0.4, -0.2) is 51.4 Å². The molecule has 0 aliphatic carbocycles. The van der Waals surface area contributed by atoms with Gasteiger partial charge in [-0.2, -0.15) is 0 Å². The Bertz CT molecular complexity index is 1330. The van der Waals surface area contributed by atoms with Crippen LogP contribution in [0, 0.1) is 5.82 Å². The summed E-state index contributed by atoms with van der Waals surface area (Å²) in [6, 6.07) is 19.1. The third-order valence-electron chi connectivity index (χ3n) is 5.94. The van der Waals surface area contributed by atoms with E-state index < -0.39 is 40.2 Å². The maximum absolute atomic E-state index is 13.9. The number of rotatable bonds is 12. The van der Waals surface area contributed by atoms with Gasteiger partial charge in [-0.25, -0.2) is 12.8 Å². The lowest BCUT2D eigenvalue weighted by molar-refractivity contribution is -0.140. The third kappa shape index (κ3) is 6.69. The fourth-order valence-corrected chi connectivity index (χ4v) is 5.49. The molecular weight excluding hydrogens is 509 g/mol. The molecule has 202 valence electrons. The van der Waals surface area contributed by atoms with Crippen LogP contribution in [0.4, 0.5) is 10.1 Å². The maximum Gasteiger partial charge on any atom is 0.264 e. The van der Waals surface area contributed by atoms with Gasteiger partial charge in [-0.05, 0) is 55.3 Å². The average molecular weight is 542 g/mol. The van der Waals surface area contributed by atoms with Crippen molar-refractivity contribution >= 4 is 27.5 Å².